The molecule has 1 fully saturated rings. The van der Waals surface area contributed by atoms with Gasteiger partial charge in [-0.1, -0.05) is 30.3 Å². The van der Waals surface area contributed by atoms with Gasteiger partial charge in [0.2, 0.25) is 0 Å². The van der Waals surface area contributed by atoms with Gasteiger partial charge in [0.1, 0.15) is 18.4 Å². The van der Waals surface area contributed by atoms with E-state index in [1.165, 1.54) is 19.3 Å². The number of amides is 2. The number of aliphatic hydroxyl groups is 1. The lowest BCUT2D eigenvalue weighted by molar-refractivity contribution is -0.153. The molecule has 9 heteroatoms. The highest BCUT2D eigenvalue weighted by Gasteiger charge is 2.46. The first-order valence-electron chi connectivity index (χ1n) is 9.91. The van der Waals surface area contributed by atoms with Crippen molar-refractivity contribution in [1.82, 2.24) is 4.90 Å². The second kappa shape index (κ2) is 10.9. The van der Waals surface area contributed by atoms with Crippen molar-refractivity contribution in [2.75, 3.05) is 33.5 Å². The van der Waals surface area contributed by atoms with E-state index in [9.17, 15) is 14.4 Å². The molecule has 2 aliphatic heterocycles. The van der Waals surface area contributed by atoms with Crippen LogP contribution >= 0.6 is 0 Å². The summed E-state index contributed by atoms with van der Waals surface area (Å²) in [6, 6.07) is 8.39. The van der Waals surface area contributed by atoms with Crippen LogP contribution in [0, 0.1) is 0 Å². The van der Waals surface area contributed by atoms with Crippen LogP contribution in [0.5, 0.6) is 0 Å². The first-order valence-corrected chi connectivity index (χ1v) is 9.91. The number of imide groups is 1. The summed E-state index contributed by atoms with van der Waals surface area (Å²) in [6.45, 7) is 0.550. The zero-order valence-electron chi connectivity index (χ0n) is 17.1. The molecule has 1 saturated heterocycles. The van der Waals surface area contributed by atoms with E-state index in [1.807, 2.05) is 6.07 Å². The molecule has 0 radical (unpaired) electrons. The van der Waals surface area contributed by atoms with Gasteiger partial charge in [-0.05, 0) is 30.2 Å². The lowest BCUT2D eigenvalue weighted by Gasteiger charge is -2.30. The van der Waals surface area contributed by atoms with E-state index in [1.54, 1.807) is 30.3 Å². The molecule has 0 aliphatic carbocycles. The van der Waals surface area contributed by atoms with Crippen molar-refractivity contribution < 1.29 is 38.4 Å². The van der Waals surface area contributed by atoms with Gasteiger partial charge >= 0.3 is 6.09 Å². The summed E-state index contributed by atoms with van der Waals surface area (Å²) in [4.78, 5) is 39.0. The molecule has 0 bridgehead atoms. The largest absolute Gasteiger partial charge is 0.479 e. The summed E-state index contributed by atoms with van der Waals surface area (Å²) < 4.78 is 21.3. The highest BCUT2D eigenvalue weighted by molar-refractivity contribution is 6.03. The van der Waals surface area contributed by atoms with E-state index in [2.05, 4.69) is 0 Å². The molecule has 0 spiro atoms. The maximum absolute atomic E-state index is 13.2. The van der Waals surface area contributed by atoms with Crippen molar-refractivity contribution in [1.29, 1.82) is 0 Å². The molecular weight excluding hydrogens is 406 g/mol. The number of cyclic esters (lactones) is 1. The number of nitrogens with zero attached hydrogens (tertiary/aromatic N) is 1. The molecule has 166 valence electrons. The molecule has 1 aromatic carbocycles. The Kier molecular flexibility index (Phi) is 7.94. The van der Waals surface area contributed by atoms with Gasteiger partial charge in [0.25, 0.3) is 5.91 Å². The highest BCUT2D eigenvalue weighted by Crippen LogP contribution is 2.30. The number of ether oxygens (including phenoxy) is 4. The van der Waals surface area contributed by atoms with Gasteiger partial charge in [-0.25, -0.2) is 9.69 Å². The molecule has 9 nitrogen and oxygen atoms in total. The molecule has 2 amide bonds. The van der Waals surface area contributed by atoms with Gasteiger partial charge in [-0.2, -0.15) is 0 Å². The average molecular weight is 431 g/mol. The third-order valence-corrected chi connectivity index (χ3v) is 4.87. The number of carbonyl (C=O) groups excluding carboxylic acids is 3. The van der Waals surface area contributed by atoms with Crippen LogP contribution < -0.4 is 0 Å². The molecule has 1 aromatic rings. The number of methoxy groups -OCH3 is 1. The second-order valence-electron chi connectivity index (χ2n) is 6.87. The predicted molar refractivity (Wildman–Crippen MR) is 108 cm³/mol. The number of ketones is 1. The third-order valence-electron chi connectivity index (χ3n) is 4.87. The Balaban J connectivity index is 1.74. The number of hydrogen-bond donors (Lipinski definition) is 1. The molecule has 31 heavy (non-hydrogen) atoms. The van der Waals surface area contributed by atoms with Crippen molar-refractivity contribution in [2.24, 2.45) is 0 Å². The predicted octanol–water partition coefficient (Wildman–Crippen LogP) is 1.53. The quantitative estimate of drug-likeness (QED) is 0.586. The Bertz CT molecular complexity index is 850. The molecule has 3 atom stereocenters. The monoisotopic (exact) mass is 431 g/mol. The van der Waals surface area contributed by atoms with Crippen LogP contribution in [0.4, 0.5) is 4.79 Å². The maximum atomic E-state index is 13.2. The first-order chi connectivity index (χ1) is 15.1. The van der Waals surface area contributed by atoms with Crippen molar-refractivity contribution in [3.63, 3.8) is 0 Å². The van der Waals surface area contributed by atoms with E-state index in [0.29, 0.717) is 18.8 Å². The molecule has 0 saturated carbocycles. The van der Waals surface area contributed by atoms with E-state index in [4.69, 9.17) is 24.1 Å². The summed E-state index contributed by atoms with van der Waals surface area (Å²) in [6.07, 6.45) is 1.64. The summed E-state index contributed by atoms with van der Waals surface area (Å²) in [5, 5.41) is 8.72. The number of rotatable bonds is 9. The summed E-state index contributed by atoms with van der Waals surface area (Å²) in [5.41, 5.74) is 0.732. The fourth-order valence-electron chi connectivity index (χ4n) is 3.36. The SMILES string of the molecule is CO[C@@H](C(=O)N1C(=O)OC[C@H]1c1ccccc1)[C@@H]1OC(=CCCOCCO)C=CC1=O. The van der Waals surface area contributed by atoms with Gasteiger partial charge in [0.15, 0.2) is 18.0 Å². The van der Waals surface area contributed by atoms with E-state index in [0.717, 1.165) is 10.5 Å². The zero-order chi connectivity index (χ0) is 22.2. The maximum Gasteiger partial charge on any atom is 0.417 e. The van der Waals surface area contributed by atoms with Crippen LogP contribution in [0.25, 0.3) is 0 Å². The summed E-state index contributed by atoms with van der Waals surface area (Å²) in [5.74, 6) is -0.772. The highest BCUT2D eigenvalue weighted by atomic mass is 16.6. The molecule has 1 N–H and O–H groups in total. The van der Waals surface area contributed by atoms with Crippen LogP contribution in [0.3, 0.4) is 0 Å². The smallest absolute Gasteiger partial charge is 0.417 e. The lowest BCUT2D eigenvalue weighted by Crippen LogP contribution is -2.51. The second-order valence-corrected chi connectivity index (χ2v) is 6.87. The average Bonchev–Trinajstić information content (AvgIpc) is 3.18. The first kappa shape index (κ1) is 22.7. The van der Waals surface area contributed by atoms with Crippen LogP contribution in [-0.4, -0.2) is 73.5 Å². The van der Waals surface area contributed by atoms with Gasteiger partial charge in [-0.15, -0.1) is 0 Å². The standard InChI is InChI=1S/C22H25NO8/c1-28-20(19-18(25)10-9-16(31-19)8-5-12-29-13-11-24)21(26)23-17(14-30-22(23)27)15-6-3-2-4-7-15/h2-4,6-10,17,19-20,24H,5,11-14H2,1H3/t17-,19+,20+/m0/s1. The van der Waals surface area contributed by atoms with Crippen molar-refractivity contribution in [2.45, 2.75) is 24.7 Å². The van der Waals surface area contributed by atoms with Crippen molar-refractivity contribution in [3.05, 3.63) is 59.9 Å². The molecule has 2 aliphatic rings. The number of benzene rings is 1. The van der Waals surface area contributed by atoms with Crippen LogP contribution in [0.1, 0.15) is 18.0 Å². The van der Waals surface area contributed by atoms with Gasteiger partial charge < -0.3 is 24.1 Å². The number of hydrogen-bond acceptors (Lipinski definition) is 8. The Morgan fingerprint density at radius 1 is 1.26 bits per heavy atom. The minimum Gasteiger partial charge on any atom is -0.479 e. The minimum atomic E-state index is -1.33. The fraction of sp³-hybridized carbons (Fsp3) is 0.409. The molecule has 3 rings (SSSR count). The van der Waals surface area contributed by atoms with E-state index >= 15 is 0 Å². The van der Waals surface area contributed by atoms with Crippen molar-refractivity contribution >= 4 is 17.8 Å². The van der Waals surface area contributed by atoms with Crippen LogP contribution in [-0.2, 0) is 28.5 Å². The summed E-state index contributed by atoms with van der Waals surface area (Å²) >= 11 is 0. The number of carbonyl (C=O) groups is 3. The number of allylic oxidation sites excluding steroid dienone is 1. The van der Waals surface area contributed by atoms with Gasteiger partial charge in [-0.3, -0.25) is 9.59 Å². The number of aliphatic hydroxyl groups excluding tert-OH is 1. The third kappa shape index (κ3) is 5.38. The Labute approximate surface area is 179 Å². The fourth-order valence-corrected chi connectivity index (χ4v) is 3.36. The van der Waals surface area contributed by atoms with E-state index in [-0.39, 0.29) is 19.8 Å². The van der Waals surface area contributed by atoms with Gasteiger partial charge in [0.05, 0.1) is 19.8 Å². The van der Waals surface area contributed by atoms with Crippen molar-refractivity contribution in [3.8, 4) is 0 Å². The molecular formula is C22H25NO8. The normalized spacial score (nSPS) is 23.0. The Morgan fingerprint density at radius 2 is 2.03 bits per heavy atom. The van der Waals surface area contributed by atoms with E-state index < -0.39 is 36.0 Å². The molecule has 0 aromatic heterocycles. The minimum absolute atomic E-state index is 0.0172. The molecule has 2 heterocycles. The lowest BCUT2D eigenvalue weighted by atomic mass is 10.0. The molecule has 0 unspecified atom stereocenters. The Hall–Kier alpha value is -3.01. The van der Waals surface area contributed by atoms with Crippen LogP contribution in [0.2, 0.25) is 0 Å². The topological polar surface area (TPSA) is 112 Å². The van der Waals surface area contributed by atoms with Crippen LogP contribution in [0.15, 0.2) is 54.3 Å². The zero-order valence-corrected chi connectivity index (χ0v) is 17.1. The summed E-state index contributed by atoms with van der Waals surface area (Å²) in [7, 11) is 1.28. The van der Waals surface area contributed by atoms with Gasteiger partial charge in [0, 0.05) is 7.11 Å². The Morgan fingerprint density at radius 3 is 2.74 bits per heavy atom.